The predicted octanol–water partition coefficient (Wildman–Crippen LogP) is 1.51. The number of ether oxygens (including phenoxy) is 1. The molecule has 3 heteroatoms. The molecule has 3 nitrogen and oxygen atoms in total. The van der Waals surface area contributed by atoms with Crippen molar-refractivity contribution in [3.8, 4) is 0 Å². The summed E-state index contributed by atoms with van der Waals surface area (Å²) in [6.45, 7) is 4.37. The molecular formula is C12H17NO2. The van der Waals surface area contributed by atoms with Gasteiger partial charge in [-0.05, 0) is 32.0 Å². The van der Waals surface area contributed by atoms with E-state index in [9.17, 15) is 4.79 Å². The van der Waals surface area contributed by atoms with E-state index in [0.717, 1.165) is 31.5 Å². The molecular weight excluding hydrogens is 190 g/mol. The molecule has 0 atom stereocenters. The van der Waals surface area contributed by atoms with Gasteiger partial charge in [0.15, 0.2) is 0 Å². The minimum absolute atomic E-state index is 0.144. The van der Waals surface area contributed by atoms with E-state index in [1.807, 2.05) is 13.0 Å². The number of hydrogen-bond donors (Lipinski definition) is 0. The lowest BCUT2D eigenvalue weighted by Crippen LogP contribution is -2.26. The van der Waals surface area contributed by atoms with Gasteiger partial charge in [0.25, 0.3) is 0 Å². The summed E-state index contributed by atoms with van der Waals surface area (Å²) in [5.41, 5.74) is 3.58. The van der Waals surface area contributed by atoms with Crippen LogP contribution in [0.15, 0.2) is 22.8 Å². The Kier molecular flexibility index (Phi) is 2.91. The summed E-state index contributed by atoms with van der Waals surface area (Å²) in [4.78, 5) is 13.8. The third kappa shape index (κ3) is 2.12. The van der Waals surface area contributed by atoms with Gasteiger partial charge in [-0.2, -0.15) is 0 Å². The van der Waals surface area contributed by atoms with Crippen molar-refractivity contribution in [2.75, 3.05) is 26.7 Å². The number of likely N-dealkylation sites (N-methyl/N-ethyl adjacent to an activating group) is 1. The first-order valence-electron chi connectivity index (χ1n) is 5.48. The predicted molar refractivity (Wildman–Crippen MR) is 58.5 cm³/mol. The highest BCUT2D eigenvalue weighted by molar-refractivity contribution is 5.90. The van der Waals surface area contributed by atoms with Crippen molar-refractivity contribution in [1.29, 1.82) is 0 Å². The average Bonchev–Trinajstić information content (AvgIpc) is 2.60. The van der Waals surface area contributed by atoms with E-state index in [2.05, 4.69) is 11.9 Å². The number of carbonyl (C=O) groups excluding carboxylic acids is 1. The van der Waals surface area contributed by atoms with E-state index in [1.165, 1.54) is 11.1 Å². The van der Waals surface area contributed by atoms with Crippen LogP contribution >= 0.6 is 0 Å². The van der Waals surface area contributed by atoms with Gasteiger partial charge >= 0.3 is 5.97 Å². The normalized spacial score (nSPS) is 21.3. The van der Waals surface area contributed by atoms with Crippen molar-refractivity contribution >= 4 is 5.97 Å². The molecule has 0 N–H and O–H groups in total. The number of rotatable bonds is 2. The molecule has 0 aromatic heterocycles. The van der Waals surface area contributed by atoms with Crippen molar-refractivity contribution in [3.05, 3.63) is 22.8 Å². The van der Waals surface area contributed by atoms with Gasteiger partial charge < -0.3 is 9.64 Å². The maximum absolute atomic E-state index is 11.5. The maximum Gasteiger partial charge on any atom is 0.334 e. The largest absolute Gasteiger partial charge is 0.463 e. The highest BCUT2D eigenvalue weighted by Crippen LogP contribution is 2.31. The minimum Gasteiger partial charge on any atom is -0.463 e. The first kappa shape index (κ1) is 10.4. The van der Waals surface area contributed by atoms with Gasteiger partial charge in [0, 0.05) is 25.1 Å². The lowest BCUT2D eigenvalue weighted by Gasteiger charge is -2.23. The first-order valence-corrected chi connectivity index (χ1v) is 5.48. The van der Waals surface area contributed by atoms with Gasteiger partial charge in [0.2, 0.25) is 0 Å². The molecule has 15 heavy (non-hydrogen) atoms. The van der Waals surface area contributed by atoms with Crippen molar-refractivity contribution < 1.29 is 9.53 Å². The van der Waals surface area contributed by atoms with E-state index in [1.54, 1.807) is 0 Å². The first-order chi connectivity index (χ1) is 7.20. The van der Waals surface area contributed by atoms with Crippen molar-refractivity contribution in [2.24, 2.45) is 0 Å². The molecule has 1 aliphatic heterocycles. The number of esters is 1. The second-order valence-corrected chi connectivity index (χ2v) is 4.18. The van der Waals surface area contributed by atoms with Crippen LogP contribution < -0.4 is 0 Å². The van der Waals surface area contributed by atoms with Crippen LogP contribution in [0, 0.1) is 0 Å². The monoisotopic (exact) mass is 207 g/mol. The Labute approximate surface area is 90.4 Å². The molecule has 0 amide bonds. The summed E-state index contributed by atoms with van der Waals surface area (Å²) in [5.74, 6) is -0.144. The van der Waals surface area contributed by atoms with E-state index >= 15 is 0 Å². The summed E-state index contributed by atoms with van der Waals surface area (Å²) in [5, 5.41) is 0. The fourth-order valence-corrected chi connectivity index (χ4v) is 2.16. The fourth-order valence-electron chi connectivity index (χ4n) is 2.16. The zero-order chi connectivity index (χ0) is 10.8. The summed E-state index contributed by atoms with van der Waals surface area (Å²) < 4.78 is 5.01. The van der Waals surface area contributed by atoms with Gasteiger partial charge in [-0.1, -0.05) is 5.57 Å². The molecule has 0 radical (unpaired) electrons. The topological polar surface area (TPSA) is 29.5 Å². The lowest BCUT2D eigenvalue weighted by molar-refractivity contribution is -0.138. The molecule has 0 unspecified atom stereocenters. The molecule has 1 aliphatic carbocycles. The van der Waals surface area contributed by atoms with Crippen LogP contribution in [0.3, 0.4) is 0 Å². The zero-order valence-corrected chi connectivity index (χ0v) is 9.38. The van der Waals surface area contributed by atoms with Gasteiger partial charge in [0.05, 0.1) is 6.61 Å². The summed E-state index contributed by atoms with van der Waals surface area (Å²) >= 11 is 0. The molecule has 0 aromatic rings. The number of hydrogen-bond acceptors (Lipinski definition) is 3. The highest BCUT2D eigenvalue weighted by atomic mass is 16.5. The van der Waals surface area contributed by atoms with Crippen molar-refractivity contribution in [2.45, 2.75) is 19.8 Å². The Morgan fingerprint density at radius 3 is 3.13 bits per heavy atom. The SMILES string of the molecule is CCOC(=O)C1=CC2=C(CCN(C)C2)C1. The third-order valence-electron chi connectivity index (χ3n) is 2.98. The molecule has 82 valence electrons. The molecule has 0 bridgehead atoms. The number of nitrogens with zero attached hydrogens (tertiary/aromatic N) is 1. The molecule has 2 rings (SSSR count). The van der Waals surface area contributed by atoms with Gasteiger partial charge in [-0.3, -0.25) is 0 Å². The van der Waals surface area contributed by atoms with Gasteiger partial charge in [-0.25, -0.2) is 4.79 Å². The average molecular weight is 207 g/mol. The second kappa shape index (κ2) is 4.19. The lowest BCUT2D eigenvalue weighted by atomic mass is 10.0. The highest BCUT2D eigenvalue weighted by Gasteiger charge is 2.24. The Balaban J connectivity index is 2.05. The Hall–Kier alpha value is -1.09. The summed E-state index contributed by atoms with van der Waals surface area (Å²) in [7, 11) is 2.11. The van der Waals surface area contributed by atoms with Crippen LogP contribution in [-0.4, -0.2) is 37.6 Å². The molecule has 1 heterocycles. The van der Waals surface area contributed by atoms with Crippen LogP contribution in [0.25, 0.3) is 0 Å². The fraction of sp³-hybridized carbons (Fsp3) is 0.583. The van der Waals surface area contributed by atoms with E-state index < -0.39 is 0 Å². The summed E-state index contributed by atoms with van der Waals surface area (Å²) in [6, 6.07) is 0. The minimum atomic E-state index is -0.144. The standard InChI is InChI=1S/C12H17NO2/c1-3-15-12(14)10-6-9-4-5-13(2)8-11(9)7-10/h7H,3-6,8H2,1-2H3. The van der Waals surface area contributed by atoms with Crippen LogP contribution in [0.5, 0.6) is 0 Å². The van der Waals surface area contributed by atoms with Crippen LogP contribution in [0.4, 0.5) is 0 Å². The Morgan fingerprint density at radius 2 is 2.40 bits per heavy atom. The smallest absolute Gasteiger partial charge is 0.334 e. The number of carbonyl (C=O) groups is 1. The van der Waals surface area contributed by atoms with Crippen LogP contribution in [0.1, 0.15) is 19.8 Å². The van der Waals surface area contributed by atoms with Crippen LogP contribution in [0.2, 0.25) is 0 Å². The quantitative estimate of drug-likeness (QED) is 0.643. The molecule has 0 spiro atoms. The molecule has 0 aromatic carbocycles. The van der Waals surface area contributed by atoms with E-state index in [-0.39, 0.29) is 5.97 Å². The van der Waals surface area contributed by atoms with Crippen molar-refractivity contribution in [1.82, 2.24) is 4.90 Å². The third-order valence-corrected chi connectivity index (χ3v) is 2.98. The molecule has 0 saturated heterocycles. The van der Waals surface area contributed by atoms with Crippen molar-refractivity contribution in [3.63, 3.8) is 0 Å². The van der Waals surface area contributed by atoms with Crippen LogP contribution in [-0.2, 0) is 9.53 Å². The van der Waals surface area contributed by atoms with E-state index in [4.69, 9.17) is 4.74 Å². The van der Waals surface area contributed by atoms with Gasteiger partial charge in [0.1, 0.15) is 0 Å². The molecule has 0 saturated carbocycles. The molecule has 2 aliphatic rings. The Morgan fingerprint density at radius 1 is 1.60 bits per heavy atom. The maximum atomic E-state index is 11.5. The zero-order valence-electron chi connectivity index (χ0n) is 9.38. The van der Waals surface area contributed by atoms with E-state index in [0.29, 0.717) is 6.61 Å². The van der Waals surface area contributed by atoms with Gasteiger partial charge in [-0.15, -0.1) is 0 Å². The second-order valence-electron chi connectivity index (χ2n) is 4.18. The molecule has 0 fully saturated rings. The Bertz CT molecular complexity index is 342. The summed E-state index contributed by atoms with van der Waals surface area (Å²) in [6.07, 6.45) is 3.91.